The van der Waals surface area contributed by atoms with Crippen molar-refractivity contribution in [2.45, 2.75) is 0 Å². The average molecular weight is 351 g/mol. The number of ether oxygens (including phenoxy) is 1. The minimum atomic E-state index is -1.22. The highest BCUT2D eigenvalue weighted by atomic mass is 35.5. The summed E-state index contributed by atoms with van der Waals surface area (Å²) < 4.78 is 5.07. The van der Waals surface area contributed by atoms with Crippen molar-refractivity contribution in [2.75, 3.05) is 12.4 Å². The van der Waals surface area contributed by atoms with Crippen LogP contribution in [0.5, 0.6) is 5.75 Å². The molecule has 0 saturated heterocycles. The van der Waals surface area contributed by atoms with Crippen molar-refractivity contribution in [3.63, 3.8) is 0 Å². The highest BCUT2D eigenvalue weighted by molar-refractivity contribution is 6.33. The first-order chi connectivity index (χ1) is 11.3. The van der Waals surface area contributed by atoms with Crippen molar-refractivity contribution >= 4 is 34.9 Å². The molecule has 0 aliphatic heterocycles. The Morgan fingerprint density at radius 3 is 2.33 bits per heavy atom. The summed E-state index contributed by atoms with van der Waals surface area (Å²) in [5, 5.41) is 22.2. The van der Waals surface area contributed by atoms with Crippen LogP contribution in [0.3, 0.4) is 0 Å². The lowest BCUT2D eigenvalue weighted by molar-refractivity contribution is -0.384. The number of aromatic carboxylic acids is 1. The Morgan fingerprint density at radius 1 is 1.21 bits per heavy atom. The van der Waals surface area contributed by atoms with Crippen LogP contribution in [-0.2, 0) is 0 Å². The topological polar surface area (TPSA) is 119 Å². The molecular weight excluding hydrogens is 340 g/mol. The monoisotopic (exact) mass is 350 g/mol. The van der Waals surface area contributed by atoms with Crippen LogP contribution in [0.2, 0.25) is 5.02 Å². The van der Waals surface area contributed by atoms with Crippen molar-refractivity contribution < 1.29 is 24.4 Å². The number of non-ortho nitro benzene ring substituents is 1. The first-order valence-corrected chi connectivity index (χ1v) is 6.88. The summed E-state index contributed by atoms with van der Waals surface area (Å²) in [4.78, 5) is 33.3. The van der Waals surface area contributed by atoms with E-state index in [1.54, 1.807) is 0 Å². The van der Waals surface area contributed by atoms with E-state index in [0.29, 0.717) is 0 Å². The van der Waals surface area contributed by atoms with E-state index in [2.05, 4.69) is 5.32 Å². The van der Waals surface area contributed by atoms with Gasteiger partial charge in [-0.25, -0.2) is 4.79 Å². The summed E-state index contributed by atoms with van der Waals surface area (Å²) in [5.41, 5.74) is -0.0508. The smallest absolute Gasteiger partial charge is 0.335 e. The molecule has 0 saturated carbocycles. The fourth-order valence-corrected chi connectivity index (χ4v) is 2.24. The molecule has 0 aliphatic carbocycles. The highest BCUT2D eigenvalue weighted by Gasteiger charge is 2.17. The van der Waals surface area contributed by atoms with Gasteiger partial charge >= 0.3 is 5.97 Å². The van der Waals surface area contributed by atoms with Gasteiger partial charge in [0.1, 0.15) is 0 Å². The number of nitro groups is 1. The molecule has 0 atom stereocenters. The van der Waals surface area contributed by atoms with Crippen LogP contribution in [0.1, 0.15) is 20.7 Å². The van der Waals surface area contributed by atoms with Gasteiger partial charge in [-0.05, 0) is 24.3 Å². The van der Waals surface area contributed by atoms with Gasteiger partial charge < -0.3 is 15.2 Å². The number of anilines is 1. The van der Waals surface area contributed by atoms with Crippen LogP contribution >= 0.6 is 11.6 Å². The van der Waals surface area contributed by atoms with Crippen molar-refractivity contribution in [1.29, 1.82) is 0 Å². The van der Waals surface area contributed by atoms with E-state index in [1.807, 2.05) is 0 Å². The number of carboxylic acid groups (broad SMARTS) is 1. The van der Waals surface area contributed by atoms with Crippen LogP contribution < -0.4 is 10.1 Å². The number of nitrogens with zero attached hydrogens (tertiary/aromatic N) is 1. The number of halogens is 1. The Bertz CT molecular complexity index is 819. The summed E-state index contributed by atoms with van der Waals surface area (Å²) >= 11 is 5.95. The number of hydrogen-bond donors (Lipinski definition) is 2. The number of nitro benzene ring substituents is 1. The van der Waals surface area contributed by atoms with Gasteiger partial charge in [0, 0.05) is 17.7 Å². The molecule has 0 heterocycles. The molecule has 0 radical (unpaired) electrons. The summed E-state index contributed by atoms with van der Waals surface area (Å²) in [6, 6.07) is 7.34. The number of rotatable bonds is 5. The van der Waals surface area contributed by atoms with Gasteiger partial charge in [-0.2, -0.15) is 0 Å². The first-order valence-electron chi connectivity index (χ1n) is 6.50. The molecule has 24 heavy (non-hydrogen) atoms. The van der Waals surface area contributed by atoms with Crippen LogP contribution in [-0.4, -0.2) is 29.0 Å². The number of hydrogen-bond acceptors (Lipinski definition) is 5. The fraction of sp³-hybridized carbons (Fsp3) is 0.0667. The fourth-order valence-electron chi connectivity index (χ4n) is 1.95. The molecule has 0 fully saturated rings. The lowest BCUT2D eigenvalue weighted by atomic mass is 10.1. The molecule has 9 heteroatoms. The second kappa shape index (κ2) is 6.97. The van der Waals surface area contributed by atoms with Crippen molar-refractivity contribution in [2.24, 2.45) is 0 Å². The number of nitrogens with one attached hydrogen (secondary N) is 1. The van der Waals surface area contributed by atoms with Gasteiger partial charge in [-0.1, -0.05) is 11.6 Å². The Labute approximate surface area is 140 Å². The summed E-state index contributed by atoms with van der Waals surface area (Å²) in [5.74, 6) is -1.70. The predicted molar refractivity (Wildman–Crippen MR) is 86.0 cm³/mol. The molecule has 124 valence electrons. The second-order valence-electron chi connectivity index (χ2n) is 4.60. The number of benzene rings is 2. The Hall–Kier alpha value is -3.13. The molecule has 8 nitrogen and oxygen atoms in total. The zero-order valence-electron chi connectivity index (χ0n) is 12.3. The number of carboxylic acids is 1. The molecule has 0 aliphatic rings. The van der Waals surface area contributed by atoms with E-state index in [4.69, 9.17) is 21.4 Å². The van der Waals surface area contributed by atoms with Gasteiger partial charge in [0.2, 0.25) is 0 Å². The lowest BCUT2D eigenvalue weighted by Crippen LogP contribution is -2.13. The predicted octanol–water partition coefficient (Wildman–Crippen LogP) is 3.21. The zero-order valence-corrected chi connectivity index (χ0v) is 13.0. The molecular formula is C15H11ClN2O6. The summed E-state index contributed by atoms with van der Waals surface area (Å²) in [6.45, 7) is 0. The van der Waals surface area contributed by atoms with E-state index in [1.165, 1.54) is 43.5 Å². The molecule has 1 amide bonds. The standard InChI is InChI=1S/C15H11ClN2O6/c1-24-13-11(16)6-9(15(20)21)7-12(13)17-14(19)8-2-4-10(5-3-8)18(22)23/h2-7H,1H3,(H,17,19)(H,20,21). The zero-order chi connectivity index (χ0) is 17.9. The van der Waals surface area contributed by atoms with Gasteiger partial charge in [0.15, 0.2) is 5.75 Å². The summed E-state index contributed by atoms with van der Waals surface area (Å²) in [7, 11) is 1.32. The minimum absolute atomic E-state index is 0.0244. The highest BCUT2D eigenvalue weighted by Crippen LogP contribution is 2.34. The minimum Gasteiger partial charge on any atom is -0.493 e. The first kappa shape index (κ1) is 17.2. The normalized spacial score (nSPS) is 10.1. The van der Waals surface area contributed by atoms with Crippen LogP contribution in [0.4, 0.5) is 11.4 Å². The third kappa shape index (κ3) is 3.61. The molecule has 0 bridgehead atoms. The van der Waals surface area contributed by atoms with E-state index in [-0.39, 0.29) is 33.3 Å². The molecule has 0 spiro atoms. The maximum Gasteiger partial charge on any atom is 0.335 e. The quantitative estimate of drug-likeness (QED) is 0.631. The maximum absolute atomic E-state index is 12.2. The van der Waals surface area contributed by atoms with Gasteiger partial charge in [0.25, 0.3) is 11.6 Å². The summed E-state index contributed by atoms with van der Waals surface area (Å²) in [6.07, 6.45) is 0. The maximum atomic E-state index is 12.2. The van der Waals surface area contributed by atoms with Crippen LogP contribution in [0, 0.1) is 10.1 Å². The number of carbonyl (C=O) groups is 2. The van der Waals surface area contributed by atoms with Gasteiger partial charge in [-0.15, -0.1) is 0 Å². The Morgan fingerprint density at radius 2 is 1.83 bits per heavy atom. The third-order valence-corrected chi connectivity index (χ3v) is 3.36. The van der Waals surface area contributed by atoms with Crippen molar-refractivity contribution in [3.8, 4) is 5.75 Å². The van der Waals surface area contributed by atoms with E-state index < -0.39 is 16.8 Å². The Balaban J connectivity index is 2.33. The average Bonchev–Trinajstić information content (AvgIpc) is 2.54. The van der Waals surface area contributed by atoms with E-state index in [9.17, 15) is 19.7 Å². The Kier molecular flexibility index (Phi) is 5.00. The van der Waals surface area contributed by atoms with E-state index >= 15 is 0 Å². The molecule has 2 N–H and O–H groups in total. The van der Waals surface area contributed by atoms with Crippen molar-refractivity contribution in [1.82, 2.24) is 0 Å². The molecule has 2 rings (SSSR count). The number of methoxy groups -OCH3 is 1. The van der Waals surface area contributed by atoms with Crippen LogP contribution in [0.15, 0.2) is 36.4 Å². The van der Waals surface area contributed by atoms with Gasteiger partial charge in [-0.3, -0.25) is 14.9 Å². The molecule has 0 unspecified atom stereocenters. The molecule has 2 aromatic rings. The van der Waals surface area contributed by atoms with Crippen molar-refractivity contribution in [3.05, 3.63) is 62.7 Å². The SMILES string of the molecule is COc1c(Cl)cc(C(=O)O)cc1NC(=O)c1ccc([N+](=O)[O-])cc1. The van der Waals surface area contributed by atoms with Crippen LogP contribution in [0.25, 0.3) is 0 Å². The second-order valence-corrected chi connectivity index (χ2v) is 5.01. The largest absolute Gasteiger partial charge is 0.493 e. The third-order valence-electron chi connectivity index (χ3n) is 3.08. The van der Waals surface area contributed by atoms with E-state index in [0.717, 1.165) is 0 Å². The number of carbonyl (C=O) groups excluding carboxylic acids is 1. The van der Waals surface area contributed by atoms with Gasteiger partial charge in [0.05, 0.1) is 28.3 Å². The molecule has 2 aromatic carbocycles. The number of amides is 1. The lowest BCUT2D eigenvalue weighted by Gasteiger charge is -2.13. The molecule has 0 aromatic heterocycles.